The third kappa shape index (κ3) is 4.86. The van der Waals surface area contributed by atoms with Gasteiger partial charge in [0.1, 0.15) is 16.5 Å². The molecule has 0 aromatic heterocycles. The molecular weight excluding hydrogens is 408 g/mol. The number of benzene rings is 2. The van der Waals surface area contributed by atoms with E-state index in [-0.39, 0.29) is 61.1 Å². The minimum atomic E-state index is -3.99. The first kappa shape index (κ1) is 21.1. The first-order valence-corrected chi connectivity index (χ1v) is 10.3. The van der Waals surface area contributed by atoms with Crippen molar-refractivity contribution in [1.29, 1.82) is 0 Å². The average molecular weight is 427 g/mol. The smallest absolute Gasteiger partial charge is 0.270 e. The van der Waals surface area contributed by atoms with Crippen molar-refractivity contribution in [1.82, 2.24) is 4.31 Å². The van der Waals surface area contributed by atoms with Gasteiger partial charge in [0.15, 0.2) is 0 Å². The summed E-state index contributed by atoms with van der Waals surface area (Å²) in [6.07, 6.45) is 0.167. The second kappa shape index (κ2) is 8.80. The molecule has 1 aliphatic rings. The predicted molar refractivity (Wildman–Crippen MR) is 101 cm³/mol. The molecule has 8 nitrogen and oxygen atoms in total. The van der Waals surface area contributed by atoms with Gasteiger partial charge in [0.05, 0.1) is 23.8 Å². The highest BCUT2D eigenvalue weighted by molar-refractivity contribution is 7.89. The summed E-state index contributed by atoms with van der Waals surface area (Å²) < 4.78 is 59.2. The van der Waals surface area contributed by atoms with E-state index in [0.29, 0.717) is 0 Å². The summed E-state index contributed by atoms with van der Waals surface area (Å²) in [5, 5.41) is 14.0. The summed E-state index contributed by atoms with van der Waals surface area (Å²) in [5.74, 6) is -1.38. The second-order valence-corrected chi connectivity index (χ2v) is 8.27. The summed E-state index contributed by atoms with van der Waals surface area (Å²) in [7, 11) is -3.99. The molecule has 0 amide bonds. The van der Waals surface area contributed by atoms with Crippen LogP contribution in [0.5, 0.6) is 0 Å². The van der Waals surface area contributed by atoms with Gasteiger partial charge in [-0.15, -0.1) is 0 Å². The standard InChI is InChI=1S/C18H19F2N3O5S/c19-14-2-1-13(16(20)11-14)5-6-21-17-4-3-15(23(24)25)12-18(17)29(26,27)22-7-9-28-10-8-22/h1-4,11-12,21H,5-10H2. The lowest BCUT2D eigenvalue weighted by molar-refractivity contribution is -0.385. The highest BCUT2D eigenvalue weighted by Crippen LogP contribution is 2.29. The van der Waals surface area contributed by atoms with E-state index in [0.717, 1.165) is 18.2 Å². The Balaban J connectivity index is 1.84. The molecule has 1 aliphatic heterocycles. The number of nitro benzene ring substituents is 1. The van der Waals surface area contributed by atoms with Gasteiger partial charge in [-0.1, -0.05) is 6.07 Å². The van der Waals surface area contributed by atoms with E-state index in [2.05, 4.69) is 5.32 Å². The lowest BCUT2D eigenvalue weighted by Gasteiger charge is -2.27. The minimum absolute atomic E-state index is 0.144. The van der Waals surface area contributed by atoms with Crippen LogP contribution in [0.15, 0.2) is 41.3 Å². The summed E-state index contributed by atoms with van der Waals surface area (Å²) in [6.45, 7) is 0.907. The molecule has 29 heavy (non-hydrogen) atoms. The summed E-state index contributed by atoms with van der Waals surface area (Å²) in [5.41, 5.74) is 0.0787. The Labute approximate surface area is 166 Å². The number of nitrogens with one attached hydrogen (secondary N) is 1. The van der Waals surface area contributed by atoms with Crippen molar-refractivity contribution in [3.05, 3.63) is 63.7 Å². The fourth-order valence-corrected chi connectivity index (χ4v) is 4.56. The van der Waals surface area contributed by atoms with Crippen LogP contribution in [0.25, 0.3) is 0 Å². The largest absolute Gasteiger partial charge is 0.384 e. The van der Waals surface area contributed by atoms with Gasteiger partial charge < -0.3 is 10.1 Å². The normalized spacial score (nSPS) is 15.2. The number of anilines is 1. The summed E-state index contributed by atoms with van der Waals surface area (Å²) >= 11 is 0. The van der Waals surface area contributed by atoms with E-state index in [1.54, 1.807) is 0 Å². The zero-order valence-corrected chi connectivity index (χ0v) is 16.1. The lowest BCUT2D eigenvalue weighted by atomic mass is 10.1. The number of hydrogen-bond acceptors (Lipinski definition) is 6. The Kier molecular flexibility index (Phi) is 6.40. The first-order chi connectivity index (χ1) is 13.8. The number of nitro groups is 1. The number of morpholine rings is 1. The van der Waals surface area contributed by atoms with E-state index >= 15 is 0 Å². The highest BCUT2D eigenvalue weighted by Gasteiger charge is 2.30. The molecule has 0 spiro atoms. The Bertz CT molecular complexity index is 1010. The highest BCUT2D eigenvalue weighted by atomic mass is 32.2. The molecule has 0 bridgehead atoms. The summed E-state index contributed by atoms with van der Waals surface area (Å²) in [4.78, 5) is 10.2. The molecule has 1 N–H and O–H groups in total. The number of non-ortho nitro benzene ring substituents is 1. The van der Waals surface area contributed by atoms with Crippen molar-refractivity contribution >= 4 is 21.4 Å². The monoisotopic (exact) mass is 427 g/mol. The van der Waals surface area contributed by atoms with Crippen LogP contribution >= 0.6 is 0 Å². The summed E-state index contributed by atoms with van der Waals surface area (Å²) in [6, 6.07) is 6.74. The maximum atomic E-state index is 13.8. The number of hydrogen-bond donors (Lipinski definition) is 1. The van der Waals surface area contributed by atoms with E-state index < -0.39 is 26.6 Å². The third-order valence-electron chi connectivity index (χ3n) is 4.49. The quantitative estimate of drug-likeness (QED) is 0.538. The maximum absolute atomic E-state index is 13.8. The molecule has 156 valence electrons. The minimum Gasteiger partial charge on any atom is -0.384 e. The van der Waals surface area contributed by atoms with Crippen molar-refractivity contribution < 1.29 is 26.9 Å². The van der Waals surface area contributed by atoms with Gasteiger partial charge in [-0.3, -0.25) is 10.1 Å². The molecule has 1 fully saturated rings. The zero-order valence-electron chi connectivity index (χ0n) is 15.3. The molecular formula is C18H19F2N3O5S. The second-order valence-electron chi connectivity index (χ2n) is 6.37. The molecule has 0 aliphatic carbocycles. The van der Waals surface area contributed by atoms with Gasteiger partial charge in [0, 0.05) is 37.8 Å². The van der Waals surface area contributed by atoms with Gasteiger partial charge in [0.2, 0.25) is 10.0 Å². The molecule has 2 aromatic carbocycles. The van der Waals surface area contributed by atoms with Crippen LogP contribution in [-0.4, -0.2) is 50.5 Å². The van der Waals surface area contributed by atoms with Crippen molar-refractivity contribution in [2.45, 2.75) is 11.3 Å². The zero-order chi connectivity index (χ0) is 21.0. The van der Waals surface area contributed by atoms with Crippen molar-refractivity contribution in [2.24, 2.45) is 0 Å². The van der Waals surface area contributed by atoms with Crippen LogP contribution in [0, 0.1) is 21.7 Å². The fourth-order valence-electron chi connectivity index (χ4n) is 2.97. The van der Waals surface area contributed by atoms with Crippen LogP contribution in [0.4, 0.5) is 20.2 Å². The van der Waals surface area contributed by atoms with E-state index in [4.69, 9.17) is 4.74 Å². The molecule has 1 heterocycles. The third-order valence-corrected chi connectivity index (χ3v) is 6.43. The molecule has 2 aromatic rings. The van der Waals surface area contributed by atoms with Crippen LogP contribution in [-0.2, 0) is 21.2 Å². The number of halogens is 2. The van der Waals surface area contributed by atoms with E-state index in [1.165, 1.54) is 22.5 Å². The van der Waals surface area contributed by atoms with Gasteiger partial charge >= 0.3 is 0 Å². The van der Waals surface area contributed by atoms with Crippen LogP contribution in [0.2, 0.25) is 0 Å². The van der Waals surface area contributed by atoms with Gasteiger partial charge in [-0.05, 0) is 24.1 Å². The molecule has 0 atom stereocenters. The topological polar surface area (TPSA) is 102 Å². The fraction of sp³-hybridized carbons (Fsp3) is 0.333. The number of rotatable bonds is 7. The predicted octanol–water partition coefficient (Wildman–Crippen LogP) is 2.55. The molecule has 0 unspecified atom stereocenters. The van der Waals surface area contributed by atoms with Gasteiger partial charge in [-0.25, -0.2) is 17.2 Å². The Morgan fingerprint density at radius 2 is 1.86 bits per heavy atom. The molecule has 0 radical (unpaired) electrons. The molecule has 0 saturated carbocycles. The Hall–Kier alpha value is -2.63. The molecule has 3 rings (SSSR count). The lowest BCUT2D eigenvalue weighted by Crippen LogP contribution is -2.40. The average Bonchev–Trinajstić information content (AvgIpc) is 2.70. The van der Waals surface area contributed by atoms with Gasteiger partial charge in [-0.2, -0.15) is 4.31 Å². The maximum Gasteiger partial charge on any atom is 0.270 e. The van der Waals surface area contributed by atoms with Crippen molar-refractivity contribution in [3.8, 4) is 0 Å². The SMILES string of the molecule is O=[N+]([O-])c1ccc(NCCc2ccc(F)cc2F)c(S(=O)(=O)N2CCOCC2)c1. The van der Waals surface area contributed by atoms with Gasteiger partial charge in [0.25, 0.3) is 5.69 Å². The molecule has 1 saturated heterocycles. The van der Waals surface area contributed by atoms with Crippen LogP contribution < -0.4 is 5.32 Å². The molecule has 11 heteroatoms. The van der Waals surface area contributed by atoms with E-state index in [1.807, 2.05) is 0 Å². The first-order valence-electron chi connectivity index (χ1n) is 8.83. The van der Waals surface area contributed by atoms with Crippen LogP contribution in [0.3, 0.4) is 0 Å². The number of nitrogens with zero attached hydrogens (tertiary/aromatic N) is 2. The Morgan fingerprint density at radius 1 is 1.14 bits per heavy atom. The van der Waals surface area contributed by atoms with E-state index in [9.17, 15) is 27.3 Å². The number of sulfonamides is 1. The Morgan fingerprint density at radius 3 is 2.52 bits per heavy atom. The number of ether oxygens (including phenoxy) is 1. The van der Waals surface area contributed by atoms with Crippen LogP contribution in [0.1, 0.15) is 5.56 Å². The van der Waals surface area contributed by atoms with Crippen molar-refractivity contribution in [3.63, 3.8) is 0 Å². The van der Waals surface area contributed by atoms with Crippen molar-refractivity contribution in [2.75, 3.05) is 38.2 Å².